The Morgan fingerprint density at radius 1 is 1.16 bits per heavy atom. The zero-order chi connectivity index (χ0) is 18.5. The molecule has 0 heterocycles. The predicted octanol–water partition coefficient (Wildman–Crippen LogP) is 4.66. The van der Waals surface area contributed by atoms with Gasteiger partial charge >= 0.3 is 7.67 Å². The molecule has 0 fully saturated rings. The monoisotopic (exact) mass is 430 g/mol. The Morgan fingerprint density at radius 3 is 2.44 bits per heavy atom. The van der Waals surface area contributed by atoms with Crippen molar-refractivity contribution >= 4 is 42.5 Å². The van der Waals surface area contributed by atoms with Crippen molar-refractivity contribution < 1.29 is 14.2 Å². The third-order valence-electron chi connectivity index (χ3n) is 3.60. The molecule has 5 nitrogen and oxygen atoms in total. The number of hydrogen-bond donors (Lipinski definition) is 2. The highest BCUT2D eigenvalue weighted by atomic mass is 35.5. The standard InChI is InChI=1S/C16H26Cl3N2O3P/c17-10-5-4-7-15(13-18)21(14-19)25(23,20-11-6-12-22)24-16-8-2-1-3-9-16/h1-3,8-9,15,22H,4-7,10-14H2,(H,20,23). The van der Waals surface area contributed by atoms with Crippen molar-refractivity contribution in [2.75, 3.05) is 30.9 Å². The van der Waals surface area contributed by atoms with Crippen molar-refractivity contribution in [2.24, 2.45) is 0 Å². The van der Waals surface area contributed by atoms with Crippen LogP contribution < -0.4 is 9.61 Å². The van der Waals surface area contributed by atoms with Crippen LogP contribution >= 0.6 is 42.5 Å². The lowest BCUT2D eigenvalue weighted by Crippen LogP contribution is -2.39. The molecule has 1 rings (SSSR count). The van der Waals surface area contributed by atoms with Gasteiger partial charge in [-0.25, -0.2) is 9.65 Å². The van der Waals surface area contributed by atoms with Crippen molar-refractivity contribution in [3.05, 3.63) is 30.3 Å². The van der Waals surface area contributed by atoms with Crippen LogP contribution in [-0.2, 0) is 4.57 Å². The van der Waals surface area contributed by atoms with Crippen molar-refractivity contribution in [1.82, 2.24) is 9.76 Å². The summed E-state index contributed by atoms with van der Waals surface area (Å²) < 4.78 is 21.0. The molecule has 0 aromatic heterocycles. The van der Waals surface area contributed by atoms with E-state index in [2.05, 4.69) is 5.09 Å². The first kappa shape index (κ1) is 23.0. The number of benzene rings is 1. The van der Waals surface area contributed by atoms with Crippen LogP contribution in [0.5, 0.6) is 5.75 Å². The van der Waals surface area contributed by atoms with Gasteiger partial charge in [0, 0.05) is 31.0 Å². The van der Waals surface area contributed by atoms with Gasteiger partial charge in [-0.3, -0.25) is 0 Å². The molecule has 0 aliphatic heterocycles. The first-order valence-corrected chi connectivity index (χ1v) is 11.4. The fraction of sp³-hybridized carbons (Fsp3) is 0.625. The van der Waals surface area contributed by atoms with Gasteiger partial charge in [-0.05, 0) is 31.4 Å². The Kier molecular flexibility index (Phi) is 12.2. The van der Waals surface area contributed by atoms with E-state index in [9.17, 15) is 4.57 Å². The van der Waals surface area contributed by atoms with Crippen LogP contribution in [0.1, 0.15) is 25.7 Å². The third-order valence-corrected chi connectivity index (χ3v) is 6.87. The summed E-state index contributed by atoms with van der Waals surface area (Å²) in [6.45, 7) is 0.332. The van der Waals surface area contributed by atoms with Gasteiger partial charge in [-0.15, -0.1) is 34.8 Å². The minimum Gasteiger partial charge on any atom is -0.422 e. The van der Waals surface area contributed by atoms with Crippen LogP contribution in [0.3, 0.4) is 0 Å². The Balaban J connectivity index is 2.97. The molecule has 0 amide bonds. The number of nitrogens with one attached hydrogen (secondary N) is 1. The summed E-state index contributed by atoms with van der Waals surface area (Å²) in [5, 5.41) is 11.9. The summed E-state index contributed by atoms with van der Waals surface area (Å²) in [7, 11) is -3.48. The van der Waals surface area contributed by atoms with Crippen molar-refractivity contribution in [1.29, 1.82) is 0 Å². The van der Waals surface area contributed by atoms with Crippen LogP contribution in [-0.4, -0.2) is 46.7 Å². The molecular weight excluding hydrogens is 406 g/mol. The number of unbranched alkanes of at least 4 members (excludes halogenated alkanes) is 1. The number of rotatable bonds is 14. The maximum Gasteiger partial charge on any atom is 0.394 e. The fourth-order valence-corrected chi connectivity index (χ4v) is 5.45. The third kappa shape index (κ3) is 8.04. The predicted molar refractivity (Wildman–Crippen MR) is 106 cm³/mol. The number of para-hydroxylation sites is 1. The lowest BCUT2D eigenvalue weighted by atomic mass is 10.1. The van der Waals surface area contributed by atoms with E-state index in [0.717, 1.165) is 12.8 Å². The Labute approximate surface area is 165 Å². The van der Waals surface area contributed by atoms with Crippen molar-refractivity contribution in [3.63, 3.8) is 0 Å². The van der Waals surface area contributed by atoms with E-state index < -0.39 is 7.67 Å². The number of aliphatic hydroxyl groups excluding tert-OH is 1. The number of halogens is 3. The van der Waals surface area contributed by atoms with E-state index in [0.29, 0.717) is 31.0 Å². The van der Waals surface area contributed by atoms with Gasteiger partial charge < -0.3 is 9.63 Å². The van der Waals surface area contributed by atoms with Gasteiger partial charge in [0.15, 0.2) is 0 Å². The van der Waals surface area contributed by atoms with Gasteiger partial charge in [-0.1, -0.05) is 24.6 Å². The molecule has 0 saturated carbocycles. The van der Waals surface area contributed by atoms with Gasteiger partial charge in [0.25, 0.3) is 0 Å². The molecule has 25 heavy (non-hydrogen) atoms. The summed E-state index contributed by atoms with van der Waals surface area (Å²) in [4.78, 5) is 0. The summed E-state index contributed by atoms with van der Waals surface area (Å²) in [6.07, 6.45) is 2.88. The highest BCUT2D eigenvalue weighted by Gasteiger charge is 2.37. The Morgan fingerprint density at radius 2 is 1.88 bits per heavy atom. The first-order chi connectivity index (χ1) is 12.1. The topological polar surface area (TPSA) is 61.8 Å². The largest absolute Gasteiger partial charge is 0.422 e. The van der Waals surface area contributed by atoms with Crippen LogP contribution in [0, 0.1) is 0 Å². The van der Waals surface area contributed by atoms with Crippen LogP contribution in [0.25, 0.3) is 0 Å². The number of nitrogens with zero attached hydrogens (tertiary/aromatic N) is 1. The molecule has 144 valence electrons. The van der Waals surface area contributed by atoms with E-state index in [4.69, 9.17) is 44.4 Å². The molecular formula is C16H26Cl3N2O3P. The van der Waals surface area contributed by atoms with E-state index in [1.807, 2.05) is 6.07 Å². The highest BCUT2D eigenvalue weighted by molar-refractivity contribution is 7.54. The molecule has 2 unspecified atom stereocenters. The van der Waals surface area contributed by atoms with Crippen LogP contribution in [0.4, 0.5) is 0 Å². The molecule has 9 heteroatoms. The van der Waals surface area contributed by atoms with E-state index in [-0.39, 0.29) is 24.5 Å². The second-order valence-corrected chi connectivity index (χ2v) is 8.44. The first-order valence-electron chi connectivity index (χ1n) is 8.27. The smallest absolute Gasteiger partial charge is 0.394 e. The lowest BCUT2D eigenvalue weighted by molar-refractivity contribution is 0.281. The second-order valence-electron chi connectivity index (χ2n) is 5.46. The minimum atomic E-state index is -3.48. The van der Waals surface area contributed by atoms with Crippen molar-refractivity contribution in [3.8, 4) is 5.75 Å². The molecule has 0 radical (unpaired) electrons. The summed E-state index contributed by atoms with van der Waals surface area (Å²) in [5.74, 6) is 1.33. The molecule has 0 bridgehead atoms. The summed E-state index contributed by atoms with van der Waals surface area (Å²) >= 11 is 18.0. The van der Waals surface area contributed by atoms with Crippen LogP contribution in [0.15, 0.2) is 30.3 Å². The summed E-state index contributed by atoms with van der Waals surface area (Å²) in [5.41, 5.74) is 0. The zero-order valence-corrected chi connectivity index (χ0v) is 17.3. The van der Waals surface area contributed by atoms with Gasteiger partial charge in [-0.2, -0.15) is 4.67 Å². The molecule has 0 saturated heterocycles. The van der Waals surface area contributed by atoms with E-state index >= 15 is 0 Å². The van der Waals surface area contributed by atoms with Gasteiger partial charge in [0.2, 0.25) is 0 Å². The average molecular weight is 432 g/mol. The highest BCUT2D eigenvalue weighted by Crippen LogP contribution is 2.49. The zero-order valence-electron chi connectivity index (χ0n) is 14.1. The number of hydrogen-bond acceptors (Lipinski definition) is 3. The molecule has 0 aliphatic carbocycles. The summed E-state index contributed by atoms with van der Waals surface area (Å²) in [6, 6.07) is 8.72. The molecule has 1 aromatic carbocycles. The molecule has 0 aliphatic rings. The number of alkyl halides is 3. The van der Waals surface area contributed by atoms with E-state index in [1.165, 1.54) is 0 Å². The maximum atomic E-state index is 13.6. The minimum absolute atomic E-state index is 0.00608. The van der Waals surface area contributed by atoms with Crippen molar-refractivity contribution in [2.45, 2.75) is 31.7 Å². The van der Waals surface area contributed by atoms with Gasteiger partial charge in [0.1, 0.15) is 5.75 Å². The normalized spacial score (nSPS) is 15.1. The Bertz CT molecular complexity index is 511. The molecule has 0 spiro atoms. The Hall–Kier alpha value is -0.000000000000000111. The van der Waals surface area contributed by atoms with Crippen LogP contribution in [0.2, 0.25) is 0 Å². The lowest BCUT2D eigenvalue weighted by Gasteiger charge is -2.35. The maximum absolute atomic E-state index is 13.6. The molecule has 2 atom stereocenters. The molecule has 1 aromatic rings. The SMILES string of the molecule is O=P(NCCCO)(Oc1ccccc1)N(CCl)C(CCl)CCCCCl. The fourth-order valence-electron chi connectivity index (χ4n) is 2.26. The average Bonchev–Trinajstić information content (AvgIpc) is 2.62. The quantitative estimate of drug-likeness (QED) is 0.194. The van der Waals surface area contributed by atoms with E-state index in [1.54, 1.807) is 28.9 Å². The second kappa shape index (κ2) is 13.2. The number of aliphatic hydroxyl groups is 1. The van der Waals surface area contributed by atoms with Gasteiger partial charge in [0.05, 0.1) is 6.00 Å². The molecule has 2 N–H and O–H groups in total.